The molecule has 64 valence electrons. The van der Waals surface area contributed by atoms with Crippen molar-refractivity contribution in [2.24, 2.45) is 0 Å². The Bertz CT molecular complexity index is 305. The Hall–Kier alpha value is -1.29. The fourth-order valence-corrected chi connectivity index (χ4v) is 0.834. The molecule has 1 heterocycles. The fourth-order valence-electron chi connectivity index (χ4n) is 0.690. The van der Waals surface area contributed by atoms with E-state index in [-0.39, 0.29) is 5.88 Å². The topological polar surface area (TPSA) is 56.3 Å². The summed E-state index contributed by atoms with van der Waals surface area (Å²) in [6, 6.07) is 3.30. The maximum Gasteiger partial charge on any atom is 0.238 e. The molecule has 0 aliphatic rings. The van der Waals surface area contributed by atoms with Crippen LogP contribution in [-0.2, 0) is 5.88 Å². The molecule has 0 radical (unpaired) electrons. The van der Waals surface area contributed by atoms with Gasteiger partial charge in [0, 0.05) is 0 Å². The van der Waals surface area contributed by atoms with Crippen LogP contribution in [0.25, 0.3) is 6.08 Å². The third-order valence-corrected chi connectivity index (χ3v) is 1.44. The molecule has 1 aromatic heterocycles. The fraction of sp³-hybridized carbons (Fsp3) is 0.143. The number of furan rings is 1. The minimum absolute atomic E-state index is 0.270. The van der Waals surface area contributed by atoms with Gasteiger partial charge in [0.15, 0.2) is 0 Å². The largest absolute Gasteiger partial charge is 0.460 e. The van der Waals surface area contributed by atoms with Gasteiger partial charge in [-0.25, -0.2) is 0 Å². The van der Waals surface area contributed by atoms with Gasteiger partial charge in [-0.1, -0.05) is 0 Å². The van der Waals surface area contributed by atoms with Gasteiger partial charge < -0.3 is 4.42 Å². The first kappa shape index (κ1) is 8.80. The number of nitrogens with zero attached hydrogens (tertiary/aromatic N) is 1. The highest BCUT2D eigenvalue weighted by molar-refractivity contribution is 6.16. The van der Waals surface area contributed by atoms with E-state index in [4.69, 9.17) is 16.0 Å². The summed E-state index contributed by atoms with van der Waals surface area (Å²) in [5.74, 6) is 1.30. The molecule has 0 aliphatic heterocycles. The van der Waals surface area contributed by atoms with Crippen LogP contribution in [0.5, 0.6) is 0 Å². The van der Waals surface area contributed by atoms with Gasteiger partial charge in [0.2, 0.25) is 6.20 Å². The first-order valence-corrected chi connectivity index (χ1v) is 3.72. The summed E-state index contributed by atoms with van der Waals surface area (Å²) in [6.45, 7) is 0. The van der Waals surface area contributed by atoms with Crippen molar-refractivity contribution in [3.63, 3.8) is 0 Å². The van der Waals surface area contributed by atoms with Gasteiger partial charge in [-0.2, -0.15) is 0 Å². The van der Waals surface area contributed by atoms with E-state index in [0.29, 0.717) is 11.5 Å². The lowest BCUT2D eigenvalue weighted by Gasteiger charge is -1.83. The van der Waals surface area contributed by atoms with E-state index < -0.39 is 4.92 Å². The summed E-state index contributed by atoms with van der Waals surface area (Å²) < 4.78 is 5.06. The van der Waals surface area contributed by atoms with Crippen molar-refractivity contribution in [3.05, 3.63) is 40.0 Å². The number of halogens is 1. The van der Waals surface area contributed by atoms with Crippen LogP contribution in [0.15, 0.2) is 22.7 Å². The predicted octanol–water partition coefficient (Wildman–Crippen LogP) is 2.27. The van der Waals surface area contributed by atoms with Crippen molar-refractivity contribution in [2.75, 3.05) is 0 Å². The first-order valence-electron chi connectivity index (χ1n) is 3.19. The molecule has 0 aromatic carbocycles. The molecule has 1 aromatic rings. The molecule has 0 atom stereocenters. The maximum atomic E-state index is 9.90. The van der Waals surface area contributed by atoms with Gasteiger partial charge in [-0.15, -0.1) is 11.6 Å². The molecule has 0 spiro atoms. The monoisotopic (exact) mass is 187 g/mol. The molecule has 12 heavy (non-hydrogen) atoms. The molecule has 0 bridgehead atoms. The lowest BCUT2D eigenvalue weighted by atomic mass is 10.4. The quantitative estimate of drug-likeness (QED) is 0.414. The molecule has 0 aliphatic carbocycles. The molecular formula is C7H6ClNO3. The van der Waals surface area contributed by atoms with Crippen molar-refractivity contribution in [2.45, 2.75) is 5.88 Å². The highest BCUT2D eigenvalue weighted by Gasteiger charge is 1.97. The number of hydrogen-bond acceptors (Lipinski definition) is 3. The molecular weight excluding hydrogens is 182 g/mol. The molecule has 0 saturated carbocycles. The second-order valence-corrected chi connectivity index (χ2v) is 2.31. The summed E-state index contributed by atoms with van der Waals surface area (Å²) in [5, 5.41) is 9.90. The third-order valence-electron chi connectivity index (χ3n) is 1.17. The Balaban J connectivity index is 2.70. The smallest absolute Gasteiger partial charge is 0.238 e. The SMILES string of the molecule is O=[N+]([O-])C=Cc1ccc(CCl)o1. The van der Waals surface area contributed by atoms with Crippen LogP contribution in [0, 0.1) is 10.1 Å². The van der Waals surface area contributed by atoms with Crippen molar-refractivity contribution < 1.29 is 9.34 Å². The van der Waals surface area contributed by atoms with Crippen molar-refractivity contribution in [3.8, 4) is 0 Å². The third kappa shape index (κ3) is 2.39. The molecule has 0 amide bonds. The zero-order valence-corrected chi connectivity index (χ0v) is 6.82. The second-order valence-electron chi connectivity index (χ2n) is 2.04. The molecule has 0 fully saturated rings. The van der Waals surface area contributed by atoms with Gasteiger partial charge in [-0.3, -0.25) is 10.1 Å². The van der Waals surface area contributed by atoms with Crippen LogP contribution < -0.4 is 0 Å². The van der Waals surface area contributed by atoms with E-state index in [1.54, 1.807) is 12.1 Å². The molecule has 5 heteroatoms. The molecule has 1 rings (SSSR count). The highest BCUT2D eigenvalue weighted by Crippen LogP contribution is 2.11. The Morgan fingerprint density at radius 1 is 1.67 bits per heavy atom. The molecule has 0 saturated heterocycles. The Morgan fingerprint density at radius 2 is 2.42 bits per heavy atom. The van der Waals surface area contributed by atoms with Crippen molar-refractivity contribution >= 4 is 17.7 Å². The van der Waals surface area contributed by atoms with Crippen LogP contribution in [-0.4, -0.2) is 4.92 Å². The van der Waals surface area contributed by atoms with E-state index >= 15 is 0 Å². The zero-order valence-electron chi connectivity index (χ0n) is 6.07. The lowest BCUT2D eigenvalue weighted by Crippen LogP contribution is -1.80. The average Bonchev–Trinajstić information content (AvgIpc) is 2.48. The maximum absolute atomic E-state index is 9.90. The van der Waals surface area contributed by atoms with E-state index in [9.17, 15) is 10.1 Å². The van der Waals surface area contributed by atoms with E-state index in [0.717, 1.165) is 6.20 Å². The normalized spacial score (nSPS) is 10.8. The van der Waals surface area contributed by atoms with Crippen LogP contribution in [0.2, 0.25) is 0 Å². The van der Waals surface area contributed by atoms with E-state index in [1.807, 2.05) is 0 Å². The van der Waals surface area contributed by atoms with E-state index in [1.165, 1.54) is 6.08 Å². The number of rotatable bonds is 3. The van der Waals surface area contributed by atoms with Crippen LogP contribution in [0.3, 0.4) is 0 Å². The average molecular weight is 188 g/mol. The van der Waals surface area contributed by atoms with Gasteiger partial charge in [-0.05, 0) is 12.1 Å². The van der Waals surface area contributed by atoms with Crippen LogP contribution >= 0.6 is 11.6 Å². The Kier molecular flexibility index (Phi) is 2.88. The van der Waals surface area contributed by atoms with E-state index in [2.05, 4.69) is 0 Å². The number of nitro groups is 1. The molecule has 0 unspecified atom stereocenters. The minimum atomic E-state index is -0.553. The highest BCUT2D eigenvalue weighted by atomic mass is 35.5. The Morgan fingerprint density at radius 3 is 2.92 bits per heavy atom. The lowest BCUT2D eigenvalue weighted by molar-refractivity contribution is -0.401. The molecule has 0 N–H and O–H groups in total. The summed E-state index contributed by atoms with van der Waals surface area (Å²) in [5.41, 5.74) is 0. The van der Waals surface area contributed by atoms with Gasteiger partial charge in [0.1, 0.15) is 11.5 Å². The first-order chi connectivity index (χ1) is 5.72. The number of hydrogen-bond donors (Lipinski definition) is 0. The minimum Gasteiger partial charge on any atom is -0.460 e. The van der Waals surface area contributed by atoms with Gasteiger partial charge >= 0.3 is 0 Å². The van der Waals surface area contributed by atoms with Gasteiger partial charge in [0.25, 0.3) is 0 Å². The number of alkyl halides is 1. The molecule has 4 nitrogen and oxygen atoms in total. The van der Waals surface area contributed by atoms with Crippen molar-refractivity contribution in [1.29, 1.82) is 0 Å². The predicted molar refractivity (Wildman–Crippen MR) is 44.3 cm³/mol. The summed E-state index contributed by atoms with van der Waals surface area (Å²) >= 11 is 5.45. The standard InChI is InChI=1S/C7H6ClNO3/c8-5-7-2-1-6(12-7)3-4-9(10)11/h1-4H,5H2. The second kappa shape index (κ2) is 3.92. The summed E-state index contributed by atoms with van der Waals surface area (Å²) in [4.78, 5) is 9.35. The van der Waals surface area contributed by atoms with Crippen LogP contribution in [0.1, 0.15) is 11.5 Å². The van der Waals surface area contributed by atoms with Crippen LogP contribution in [0.4, 0.5) is 0 Å². The van der Waals surface area contributed by atoms with Crippen molar-refractivity contribution in [1.82, 2.24) is 0 Å². The van der Waals surface area contributed by atoms with Gasteiger partial charge in [0.05, 0.1) is 16.9 Å². The summed E-state index contributed by atoms with van der Waals surface area (Å²) in [6.07, 6.45) is 2.09. The summed E-state index contributed by atoms with van der Waals surface area (Å²) in [7, 11) is 0. The Labute approximate surface area is 73.6 Å². The zero-order chi connectivity index (χ0) is 8.97.